The number of aromatic amines is 2. The predicted molar refractivity (Wildman–Crippen MR) is 255 cm³/mol. The summed E-state index contributed by atoms with van der Waals surface area (Å²) >= 11 is 0. The van der Waals surface area contributed by atoms with Crippen molar-refractivity contribution in [3.63, 3.8) is 0 Å². The van der Waals surface area contributed by atoms with Crippen LogP contribution in [0.15, 0.2) is 76.1 Å². The average molecular weight is 1290 g/mol. The van der Waals surface area contributed by atoms with Crippen LogP contribution in [0.2, 0.25) is 0 Å². The van der Waals surface area contributed by atoms with Gasteiger partial charge in [-0.1, -0.05) is 37.6 Å². The molecule has 2 aromatic carbocycles. The zero-order valence-electron chi connectivity index (χ0n) is 39.6. The summed E-state index contributed by atoms with van der Waals surface area (Å²) in [4.78, 5) is 40.4. The summed E-state index contributed by atoms with van der Waals surface area (Å²) in [6.45, 7) is 12.7. The quantitative estimate of drug-likeness (QED) is 0.0882. The topological polar surface area (TPSA) is 207 Å². The maximum absolute atomic E-state index is 12.9. The van der Waals surface area contributed by atoms with Gasteiger partial charge in [-0.2, -0.15) is 0 Å². The molecule has 0 bridgehead atoms. The van der Waals surface area contributed by atoms with Gasteiger partial charge < -0.3 is 43.8 Å². The Morgan fingerprint density at radius 3 is 1.48 bits per heavy atom. The minimum absolute atomic E-state index is 0. The molecule has 0 saturated heterocycles. The Balaban J connectivity index is 0.000000622. The third-order valence-corrected chi connectivity index (χ3v) is 11.4. The zero-order valence-corrected chi connectivity index (χ0v) is 47.1. The largest absolute Gasteiger partial charge is 0.493 e. The molecule has 2 atom stereocenters. The number of allylic oxidation sites excluding steroid dienone is 1. The molecule has 2 N–H and O–H groups in total. The molecule has 20 heteroatoms. The van der Waals surface area contributed by atoms with Crippen LogP contribution in [0.25, 0.3) is 28.4 Å². The second kappa shape index (κ2) is 25.6. The SMILES string of the molecule is CCOc1cc([C@@H](CS(C)(=O)=O)n2c(=O)[nH]c3cc(C=C(C)C)cnc32)ccc1OC.CCOc1cc([C@@H](CS(C)(=O)=O)n2c(=O)[nH]c3cc(CC(C)C)cnc32)ccc1OC.[CH3-].[CH3-].[W].[W]. The van der Waals surface area contributed by atoms with Crippen LogP contribution in [-0.2, 0) is 68.2 Å². The number of H-pyrrole nitrogens is 2. The molecule has 0 unspecified atom stereocenters. The van der Waals surface area contributed by atoms with E-state index < -0.39 is 43.1 Å². The molecule has 6 aromatic rings. The van der Waals surface area contributed by atoms with E-state index in [0.29, 0.717) is 75.6 Å². The second-order valence-electron chi connectivity index (χ2n) is 15.7. The summed E-state index contributed by atoms with van der Waals surface area (Å²) in [6, 6.07) is 12.5. The molecule has 66 heavy (non-hydrogen) atoms. The van der Waals surface area contributed by atoms with Crippen LogP contribution in [0.3, 0.4) is 0 Å². The van der Waals surface area contributed by atoms with Gasteiger partial charge in [-0.25, -0.2) is 36.4 Å². The number of hydrogen-bond acceptors (Lipinski definition) is 12. The van der Waals surface area contributed by atoms with E-state index in [-0.39, 0.29) is 68.5 Å². The molecule has 0 aliphatic rings. The minimum Gasteiger partial charge on any atom is -0.493 e. The van der Waals surface area contributed by atoms with Gasteiger partial charge in [-0.05, 0) is 98.7 Å². The number of rotatable bonds is 17. The van der Waals surface area contributed by atoms with Crippen molar-refractivity contribution in [1.29, 1.82) is 0 Å². The summed E-state index contributed by atoms with van der Waals surface area (Å²) in [5, 5.41) is 0. The summed E-state index contributed by atoms with van der Waals surface area (Å²) < 4.78 is 73.8. The number of sulfone groups is 2. The van der Waals surface area contributed by atoms with E-state index in [1.165, 1.54) is 23.4 Å². The van der Waals surface area contributed by atoms with Crippen molar-refractivity contribution in [3.05, 3.63) is 125 Å². The van der Waals surface area contributed by atoms with E-state index >= 15 is 0 Å². The summed E-state index contributed by atoms with van der Waals surface area (Å²) in [5.41, 5.74) is 5.27. The monoisotopic (exact) mass is 1290 g/mol. The van der Waals surface area contributed by atoms with Gasteiger partial charge in [0.15, 0.2) is 34.3 Å². The van der Waals surface area contributed by atoms with E-state index in [1.807, 2.05) is 45.9 Å². The van der Waals surface area contributed by atoms with Crippen LogP contribution in [-0.4, -0.2) is 97.4 Å². The Morgan fingerprint density at radius 1 is 0.682 bits per heavy atom. The van der Waals surface area contributed by atoms with Crippen molar-refractivity contribution >= 4 is 48.1 Å². The molecule has 6 rings (SSSR count). The van der Waals surface area contributed by atoms with Gasteiger partial charge in [0.25, 0.3) is 0 Å². The Morgan fingerprint density at radius 2 is 1.11 bits per heavy atom. The molecule has 4 heterocycles. The van der Waals surface area contributed by atoms with E-state index in [1.54, 1.807) is 48.8 Å². The number of aromatic nitrogens is 6. The first kappa shape index (κ1) is 59.5. The minimum atomic E-state index is -3.43. The van der Waals surface area contributed by atoms with Crippen LogP contribution in [0.1, 0.15) is 75.9 Å². The summed E-state index contributed by atoms with van der Waals surface area (Å²) in [7, 11) is -3.78. The van der Waals surface area contributed by atoms with Crippen molar-refractivity contribution < 1.29 is 77.9 Å². The van der Waals surface area contributed by atoms with Crippen molar-refractivity contribution in [3.8, 4) is 23.0 Å². The van der Waals surface area contributed by atoms with Gasteiger partial charge in [0.1, 0.15) is 19.7 Å². The number of ether oxygens (including phenoxy) is 4. The second-order valence-corrected chi connectivity index (χ2v) is 20.0. The molecule has 362 valence electrons. The average Bonchev–Trinajstić information content (AvgIpc) is 3.69. The Kier molecular flexibility index (Phi) is 23.1. The molecule has 4 aromatic heterocycles. The Labute approximate surface area is 417 Å². The van der Waals surface area contributed by atoms with E-state index in [0.717, 1.165) is 35.6 Å². The number of imidazole rings is 2. The van der Waals surface area contributed by atoms with Crippen molar-refractivity contribution in [2.45, 2.75) is 60.0 Å². The molecule has 0 aliphatic heterocycles. The molecule has 0 spiro atoms. The van der Waals surface area contributed by atoms with E-state index in [9.17, 15) is 26.4 Å². The van der Waals surface area contributed by atoms with Gasteiger partial charge in [0.2, 0.25) is 0 Å². The third-order valence-electron chi connectivity index (χ3n) is 9.58. The van der Waals surface area contributed by atoms with Crippen LogP contribution in [0, 0.1) is 20.8 Å². The molecule has 0 radical (unpaired) electrons. The Hall–Kier alpha value is -4.50. The predicted octanol–water partition coefficient (Wildman–Crippen LogP) is 7.05. The first-order valence-electron chi connectivity index (χ1n) is 20.1. The number of hydrogen-bond donors (Lipinski definition) is 2. The fourth-order valence-electron chi connectivity index (χ4n) is 7.21. The van der Waals surface area contributed by atoms with Crippen LogP contribution in [0.4, 0.5) is 0 Å². The molecule has 0 fully saturated rings. The zero-order chi connectivity index (χ0) is 45.5. The van der Waals surface area contributed by atoms with E-state index in [4.69, 9.17) is 18.9 Å². The number of pyridine rings is 2. The molecule has 0 aliphatic carbocycles. The Bertz CT molecular complexity index is 2920. The van der Waals surface area contributed by atoms with Gasteiger partial charge in [-0.15, -0.1) is 0 Å². The number of fused-ring (bicyclic) bond motifs is 2. The van der Waals surface area contributed by atoms with Gasteiger partial charge >= 0.3 is 11.4 Å². The summed E-state index contributed by atoms with van der Waals surface area (Å²) in [6.07, 6.45) is 8.49. The van der Waals surface area contributed by atoms with Crippen LogP contribution >= 0.6 is 0 Å². The van der Waals surface area contributed by atoms with Crippen LogP contribution < -0.4 is 30.3 Å². The third kappa shape index (κ3) is 15.3. The first-order chi connectivity index (χ1) is 29.2. The van der Waals surface area contributed by atoms with Crippen molar-refractivity contribution in [1.82, 2.24) is 29.1 Å². The fraction of sp³-hybridized carbons (Fsp3) is 0.391. The van der Waals surface area contributed by atoms with Crippen molar-refractivity contribution in [2.75, 3.05) is 51.5 Å². The standard InChI is InChI=1S/C22H29N3O5S.C22H27N3O5S.2CH3.2W/c2*1-6-30-20-11-16(7-8-19(20)29-4)18(13-31(5,27)28)25-21-17(24-22(25)26)10-15(12-23-21)9-14(2)3;;;;/h7-8,10-12,14,18H,6,9,13H2,1-5H3,(H,24,26);7-12,18H,6,13H2,1-5H3,(H,24,26);2*1H3;;/q;;2*-1;;/t2*18-;;;;/m11..../s1. The van der Waals surface area contributed by atoms with Crippen molar-refractivity contribution in [2.24, 2.45) is 5.92 Å². The normalized spacial score (nSPS) is 12.0. The van der Waals surface area contributed by atoms with E-state index in [2.05, 4.69) is 33.8 Å². The smallest absolute Gasteiger partial charge is 0.328 e. The molecule has 0 saturated carbocycles. The maximum Gasteiger partial charge on any atom is 0.328 e. The van der Waals surface area contributed by atoms with Gasteiger partial charge in [0, 0.05) is 67.0 Å². The number of nitrogens with one attached hydrogen (secondary N) is 2. The maximum atomic E-state index is 12.9. The molecule has 0 amide bonds. The molecular formula is C46H62N6O10S2W2-2. The molecular weight excluding hydrogens is 1230 g/mol. The summed E-state index contributed by atoms with van der Waals surface area (Å²) in [5.74, 6) is 1.95. The number of methoxy groups -OCH3 is 2. The number of nitrogens with zero attached hydrogens (tertiary/aromatic N) is 4. The number of benzene rings is 2. The molecule has 16 nitrogen and oxygen atoms in total. The first-order valence-corrected chi connectivity index (χ1v) is 24.2. The van der Waals surface area contributed by atoms with Gasteiger partial charge in [-0.3, -0.25) is 9.13 Å². The van der Waals surface area contributed by atoms with Crippen LogP contribution in [0.5, 0.6) is 23.0 Å². The fourth-order valence-corrected chi connectivity index (χ4v) is 9.04. The van der Waals surface area contributed by atoms with Gasteiger partial charge in [0.05, 0.1) is 62.1 Å².